The van der Waals surface area contributed by atoms with E-state index in [-0.39, 0.29) is 11.9 Å². The van der Waals surface area contributed by atoms with Gasteiger partial charge in [-0.25, -0.2) is 4.39 Å². The minimum atomic E-state index is -0.413. The van der Waals surface area contributed by atoms with Crippen LogP contribution in [-0.4, -0.2) is 28.8 Å². The van der Waals surface area contributed by atoms with Crippen molar-refractivity contribution in [2.24, 2.45) is 16.8 Å². The van der Waals surface area contributed by atoms with Gasteiger partial charge in [-0.3, -0.25) is 0 Å². The van der Waals surface area contributed by atoms with E-state index in [1.54, 1.807) is 6.07 Å². The lowest BCUT2D eigenvalue weighted by Gasteiger charge is -2.26. The molecule has 5 nitrogen and oxygen atoms in total. The van der Waals surface area contributed by atoms with Crippen LogP contribution in [-0.2, 0) is 6.54 Å². The molecular formula is C15H22FN3O2. The molecule has 21 heavy (non-hydrogen) atoms. The van der Waals surface area contributed by atoms with Crippen molar-refractivity contribution in [3.05, 3.63) is 35.1 Å². The van der Waals surface area contributed by atoms with Crippen LogP contribution in [0.15, 0.2) is 23.4 Å². The van der Waals surface area contributed by atoms with Crippen molar-refractivity contribution in [3.63, 3.8) is 0 Å². The third kappa shape index (κ3) is 4.68. The molecule has 2 unspecified atom stereocenters. The molecular weight excluding hydrogens is 273 g/mol. The number of hydrogen-bond donors (Lipinski definition) is 4. The highest BCUT2D eigenvalue weighted by Gasteiger charge is 2.19. The molecule has 0 radical (unpaired) electrons. The van der Waals surface area contributed by atoms with Gasteiger partial charge in [-0.15, -0.1) is 0 Å². The third-order valence-corrected chi connectivity index (χ3v) is 3.88. The molecule has 1 saturated carbocycles. The number of aliphatic hydroxyl groups excluding tert-OH is 1. The highest BCUT2D eigenvalue weighted by atomic mass is 19.1. The highest BCUT2D eigenvalue weighted by Crippen LogP contribution is 2.23. The maximum Gasteiger partial charge on any atom is 0.170 e. The second-order valence-corrected chi connectivity index (χ2v) is 5.65. The first kappa shape index (κ1) is 15.7. The van der Waals surface area contributed by atoms with Gasteiger partial charge in [0.25, 0.3) is 0 Å². The van der Waals surface area contributed by atoms with Gasteiger partial charge >= 0.3 is 0 Å². The standard InChI is InChI=1S/C15H22FN3O2/c16-13-5-11(4-12(7-13)15(17)19-21)9-18-8-10-2-1-3-14(20)6-10/h4-5,7,10,14,18,20-21H,1-3,6,8-9H2,(H2,17,19). The largest absolute Gasteiger partial charge is 0.409 e. The smallest absolute Gasteiger partial charge is 0.170 e. The fourth-order valence-corrected chi connectivity index (χ4v) is 2.83. The number of amidine groups is 1. The zero-order valence-corrected chi connectivity index (χ0v) is 11.9. The van der Waals surface area contributed by atoms with E-state index in [1.165, 1.54) is 12.1 Å². The Bertz CT molecular complexity index is 508. The molecule has 1 aliphatic carbocycles. The summed E-state index contributed by atoms with van der Waals surface area (Å²) < 4.78 is 13.5. The predicted octanol–water partition coefficient (Wildman–Crippen LogP) is 1.56. The highest BCUT2D eigenvalue weighted by molar-refractivity contribution is 5.97. The SMILES string of the molecule is N/C(=N/O)c1cc(F)cc(CNCC2CCCC(O)C2)c1. The number of halogens is 1. The van der Waals surface area contributed by atoms with Gasteiger partial charge in [0, 0.05) is 12.1 Å². The number of rotatable bonds is 5. The molecule has 5 N–H and O–H groups in total. The topological polar surface area (TPSA) is 90.9 Å². The summed E-state index contributed by atoms with van der Waals surface area (Å²) >= 11 is 0. The number of hydrogen-bond acceptors (Lipinski definition) is 4. The zero-order chi connectivity index (χ0) is 15.2. The van der Waals surface area contributed by atoms with Crippen LogP contribution >= 0.6 is 0 Å². The van der Waals surface area contributed by atoms with Crippen LogP contribution in [0.4, 0.5) is 4.39 Å². The summed E-state index contributed by atoms with van der Waals surface area (Å²) in [6.07, 6.45) is 3.70. The van der Waals surface area contributed by atoms with E-state index in [9.17, 15) is 9.50 Å². The first-order chi connectivity index (χ1) is 10.1. The van der Waals surface area contributed by atoms with Crippen LogP contribution in [0, 0.1) is 11.7 Å². The van der Waals surface area contributed by atoms with Gasteiger partial charge in [0.05, 0.1) is 6.10 Å². The summed E-state index contributed by atoms with van der Waals surface area (Å²) in [4.78, 5) is 0. The quantitative estimate of drug-likeness (QED) is 0.287. The van der Waals surface area contributed by atoms with Gasteiger partial charge in [0.2, 0.25) is 0 Å². The van der Waals surface area contributed by atoms with Gasteiger partial charge in [-0.05, 0) is 55.5 Å². The summed E-state index contributed by atoms with van der Waals surface area (Å²) in [5, 5.41) is 24.4. The number of benzene rings is 1. The van der Waals surface area contributed by atoms with Crippen molar-refractivity contribution in [2.75, 3.05) is 6.54 Å². The van der Waals surface area contributed by atoms with Crippen LogP contribution in [0.3, 0.4) is 0 Å². The van der Waals surface area contributed by atoms with E-state index < -0.39 is 5.82 Å². The van der Waals surface area contributed by atoms with E-state index >= 15 is 0 Å². The predicted molar refractivity (Wildman–Crippen MR) is 78.6 cm³/mol. The number of oxime groups is 1. The Hall–Kier alpha value is -1.66. The Morgan fingerprint density at radius 3 is 2.90 bits per heavy atom. The molecule has 2 atom stereocenters. The van der Waals surface area contributed by atoms with Crippen LogP contribution < -0.4 is 11.1 Å². The van der Waals surface area contributed by atoms with E-state index in [0.29, 0.717) is 18.0 Å². The molecule has 6 heteroatoms. The Morgan fingerprint density at radius 1 is 1.38 bits per heavy atom. The Labute approximate surface area is 123 Å². The van der Waals surface area contributed by atoms with E-state index in [0.717, 1.165) is 37.8 Å². The van der Waals surface area contributed by atoms with Gasteiger partial charge in [-0.1, -0.05) is 11.6 Å². The summed E-state index contributed by atoms with van der Waals surface area (Å²) in [5.74, 6) is -0.0546. The molecule has 1 fully saturated rings. The first-order valence-electron chi connectivity index (χ1n) is 7.24. The third-order valence-electron chi connectivity index (χ3n) is 3.88. The molecule has 116 valence electrons. The maximum atomic E-state index is 13.5. The summed E-state index contributed by atoms with van der Waals surface area (Å²) in [6.45, 7) is 1.31. The van der Waals surface area contributed by atoms with Gasteiger partial charge in [-0.2, -0.15) is 0 Å². The van der Waals surface area contributed by atoms with Crippen LogP contribution in [0.2, 0.25) is 0 Å². The molecule has 1 aromatic carbocycles. The summed E-state index contributed by atoms with van der Waals surface area (Å²) in [7, 11) is 0. The Balaban J connectivity index is 1.89. The van der Waals surface area contributed by atoms with Crippen molar-refractivity contribution < 1.29 is 14.7 Å². The number of nitrogens with two attached hydrogens (primary N) is 1. The van der Waals surface area contributed by atoms with Gasteiger partial charge in [0.15, 0.2) is 5.84 Å². The van der Waals surface area contributed by atoms with Crippen LogP contribution in [0.5, 0.6) is 0 Å². The van der Waals surface area contributed by atoms with E-state index in [2.05, 4.69) is 10.5 Å². The maximum absolute atomic E-state index is 13.5. The fourth-order valence-electron chi connectivity index (χ4n) is 2.83. The van der Waals surface area contributed by atoms with Gasteiger partial charge in [0.1, 0.15) is 5.82 Å². The monoisotopic (exact) mass is 295 g/mol. The van der Waals surface area contributed by atoms with Gasteiger partial charge < -0.3 is 21.4 Å². The number of nitrogens with one attached hydrogen (secondary N) is 1. The lowest BCUT2D eigenvalue weighted by molar-refractivity contribution is 0.101. The fraction of sp³-hybridized carbons (Fsp3) is 0.533. The molecule has 0 amide bonds. The molecule has 1 aromatic rings. The van der Waals surface area contributed by atoms with Crippen molar-refractivity contribution in [3.8, 4) is 0 Å². The molecule has 1 aliphatic rings. The molecule has 0 saturated heterocycles. The van der Waals surface area contributed by atoms with E-state index in [4.69, 9.17) is 10.9 Å². The summed E-state index contributed by atoms with van der Waals surface area (Å²) in [6, 6.07) is 4.35. The van der Waals surface area contributed by atoms with Crippen molar-refractivity contribution in [1.82, 2.24) is 5.32 Å². The second-order valence-electron chi connectivity index (χ2n) is 5.65. The van der Waals surface area contributed by atoms with Crippen LogP contribution in [0.1, 0.15) is 36.8 Å². The van der Waals surface area contributed by atoms with E-state index in [1.807, 2.05) is 0 Å². The summed E-state index contributed by atoms with van der Waals surface area (Å²) in [5.41, 5.74) is 6.58. The molecule has 0 spiro atoms. The molecule has 0 aliphatic heterocycles. The Morgan fingerprint density at radius 2 is 2.19 bits per heavy atom. The minimum Gasteiger partial charge on any atom is -0.409 e. The zero-order valence-electron chi connectivity index (χ0n) is 11.9. The lowest BCUT2D eigenvalue weighted by Crippen LogP contribution is -2.29. The average Bonchev–Trinajstić information content (AvgIpc) is 2.46. The molecule has 0 bridgehead atoms. The first-order valence-corrected chi connectivity index (χ1v) is 7.24. The second kappa shape index (κ2) is 7.38. The van der Waals surface area contributed by atoms with Crippen LogP contribution in [0.25, 0.3) is 0 Å². The van der Waals surface area contributed by atoms with Crippen molar-refractivity contribution in [2.45, 2.75) is 38.3 Å². The molecule has 2 rings (SSSR count). The molecule has 0 aromatic heterocycles. The number of aliphatic hydroxyl groups is 1. The lowest BCUT2D eigenvalue weighted by atomic mass is 9.87. The molecule has 0 heterocycles. The average molecular weight is 295 g/mol. The Kier molecular flexibility index (Phi) is 5.52. The van der Waals surface area contributed by atoms with Crippen molar-refractivity contribution >= 4 is 5.84 Å². The van der Waals surface area contributed by atoms with Crippen molar-refractivity contribution in [1.29, 1.82) is 0 Å². The normalized spacial score (nSPS) is 23.2. The minimum absolute atomic E-state index is 0.105. The number of nitrogens with zero attached hydrogens (tertiary/aromatic N) is 1.